The smallest absolute Gasteiger partial charge is 0.264 e. The van der Waals surface area contributed by atoms with Gasteiger partial charge >= 0.3 is 0 Å². The molecule has 1 amide bonds. The number of ether oxygens (including phenoxy) is 1. The lowest BCUT2D eigenvalue weighted by Crippen LogP contribution is -2.57. The van der Waals surface area contributed by atoms with E-state index in [1.807, 2.05) is 4.72 Å². The van der Waals surface area contributed by atoms with Crippen molar-refractivity contribution < 1.29 is 22.3 Å². The summed E-state index contributed by atoms with van der Waals surface area (Å²) in [6.45, 7) is 0.0797. The van der Waals surface area contributed by atoms with Crippen LogP contribution in [-0.4, -0.2) is 32.9 Å². The Balaban J connectivity index is 1.34. The van der Waals surface area contributed by atoms with Gasteiger partial charge in [0, 0.05) is 5.56 Å². The van der Waals surface area contributed by atoms with Gasteiger partial charge in [0.2, 0.25) is 10.0 Å². The first-order chi connectivity index (χ1) is 13.7. The largest absolute Gasteiger partial charge is 0.490 e. The summed E-state index contributed by atoms with van der Waals surface area (Å²) in [7, 11) is -3.62. The Morgan fingerprint density at radius 3 is 2.31 bits per heavy atom. The van der Waals surface area contributed by atoms with Crippen LogP contribution in [0, 0.1) is 23.7 Å². The van der Waals surface area contributed by atoms with Gasteiger partial charge in [-0.2, -0.15) is 0 Å². The van der Waals surface area contributed by atoms with E-state index in [0.29, 0.717) is 23.5 Å². The minimum atomic E-state index is -3.62. The zero-order chi connectivity index (χ0) is 20.4. The van der Waals surface area contributed by atoms with E-state index in [9.17, 15) is 13.2 Å². The molecule has 5 aliphatic carbocycles. The van der Waals surface area contributed by atoms with Gasteiger partial charge in [0.25, 0.3) is 5.91 Å². The maximum atomic E-state index is 16.0. The van der Waals surface area contributed by atoms with Gasteiger partial charge < -0.3 is 4.74 Å². The molecule has 29 heavy (non-hydrogen) atoms. The molecule has 158 valence electrons. The number of hydrogen-bond acceptors (Lipinski definition) is 4. The third-order valence-electron chi connectivity index (χ3n) is 7.51. The highest BCUT2D eigenvalue weighted by atomic mass is 32.2. The van der Waals surface area contributed by atoms with Gasteiger partial charge in [-0.05, 0) is 98.3 Å². The van der Waals surface area contributed by atoms with Crippen LogP contribution < -0.4 is 9.46 Å². The van der Waals surface area contributed by atoms with Crippen LogP contribution in [-0.2, 0) is 10.0 Å². The third-order valence-corrected chi connectivity index (χ3v) is 8.07. The first-order valence-electron chi connectivity index (χ1n) is 10.7. The number of hydrogen-bond donors (Lipinski definition) is 1. The van der Waals surface area contributed by atoms with E-state index in [1.54, 1.807) is 18.2 Å². The zero-order valence-electron chi connectivity index (χ0n) is 16.7. The normalized spacial score (nSPS) is 35.5. The second-order valence-corrected chi connectivity index (χ2v) is 11.5. The first kappa shape index (κ1) is 19.3. The molecule has 7 heteroatoms. The molecule has 1 N–H and O–H groups in total. The number of carbonyl (C=O) groups excluding carboxylic acids is 1. The van der Waals surface area contributed by atoms with E-state index in [4.69, 9.17) is 4.74 Å². The summed E-state index contributed by atoms with van der Waals surface area (Å²) in [6, 6.07) is 4.96. The maximum absolute atomic E-state index is 16.0. The number of rotatable bonds is 6. The number of nitrogens with one attached hydrogen (secondary N) is 1. The minimum absolute atomic E-state index is 0.0797. The van der Waals surface area contributed by atoms with Crippen molar-refractivity contribution in [2.45, 2.75) is 56.5 Å². The lowest BCUT2D eigenvalue weighted by molar-refractivity contribution is -0.141. The van der Waals surface area contributed by atoms with Gasteiger partial charge in [-0.25, -0.2) is 17.5 Å². The van der Waals surface area contributed by atoms with E-state index < -0.39 is 21.6 Å². The van der Waals surface area contributed by atoms with Gasteiger partial charge in [0.15, 0.2) is 0 Å². The molecule has 4 bridgehead atoms. The van der Waals surface area contributed by atoms with Crippen LogP contribution >= 0.6 is 0 Å². The second-order valence-electron chi connectivity index (χ2n) is 9.75. The molecule has 6 rings (SSSR count). The molecule has 0 heterocycles. The Bertz CT molecular complexity index is 912. The zero-order valence-corrected chi connectivity index (χ0v) is 17.5. The number of alkyl halides is 1. The number of carbonyl (C=O) groups is 1. The van der Waals surface area contributed by atoms with Crippen molar-refractivity contribution in [2.75, 3.05) is 12.9 Å². The van der Waals surface area contributed by atoms with Crippen LogP contribution in [0.5, 0.6) is 5.75 Å². The Kier molecular flexibility index (Phi) is 4.46. The van der Waals surface area contributed by atoms with Crippen molar-refractivity contribution >= 4 is 15.9 Å². The molecular formula is C22H28FNO4S. The summed E-state index contributed by atoms with van der Waals surface area (Å²) in [6.07, 6.45) is 8.22. The monoisotopic (exact) mass is 421 g/mol. The number of benzene rings is 1. The van der Waals surface area contributed by atoms with Gasteiger partial charge in [-0.15, -0.1) is 0 Å². The summed E-state index contributed by atoms with van der Waals surface area (Å²) in [5, 5.41) is 0. The molecule has 5 nitrogen and oxygen atoms in total. The van der Waals surface area contributed by atoms with Crippen LogP contribution in [0.25, 0.3) is 0 Å². The summed E-state index contributed by atoms with van der Waals surface area (Å²) < 4.78 is 46.8. The standard InChI is InChI=1S/C22H28FNO4S/c1-29(26,27)24-21(25)16-4-5-20(19(11-16)15-2-3-15)28-12-22(23)17-7-13-6-14(9-17)10-18(22)8-13/h4-5,11,13-15,17-18H,2-3,6-10,12H2,1H3,(H,24,25). The van der Waals surface area contributed by atoms with Crippen LogP contribution in [0.15, 0.2) is 18.2 Å². The molecule has 0 saturated heterocycles. The number of amides is 1. The fourth-order valence-corrected chi connectivity index (χ4v) is 6.61. The molecule has 5 saturated carbocycles. The third kappa shape index (κ3) is 3.66. The topological polar surface area (TPSA) is 72.5 Å². The Labute approximate surface area is 171 Å². The minimum Gasteiger partial charge on any atom is -0.490 e. The van der Waals surface area contributed by atoms with Crippen molar-refractivity contribution in [3.8, 4) is 5.75 Å². The highest BCUT2D eigenvalue weighted by molar-refractivity contribution is 7.89. The lowest BCUT2D eigenvalue weighted by Gasteiger charge is -2.57. The molecule has 0 aromatic heterocycles. The van der Waals surface area contributed by atoms with Crippen LogP contribution in [0.4, 0.5) is 4.39 Å². The average Bonchev–Trinajstić information content (AvgIpc) is 3.47. The van der Waals surface area contributed by atoms with Crippen molar-refractivity contribution in [3.63, 3.8) is 0 Å². The van der Waals surface area contributed by atoms with Gasteiger partial charge in [0.05, 0.1) is 6.26 Å². The van der Waals surface area contributed by atoms with E-state index in [-0.39, 0.29) is 24.0 Å². The quantitative estimate of drug-likeness (QED) is 0.758. The Morgan fingerprint density at radius 2 is 1.76 bits per heavy atom. The van der Waals surface area contributed by atoms with Crippen LogP contribution in [0.2, 0.25) is 0 Å². The molecular weight excluding hydrogens is 393 g/mol. The van der Waals surface area contributed by atoms with E-state index in [1.165, 1.54) is 6.42 Å². The van der Waals surface area contributed by atoms with Crippen molar-refractivity contribution in [1.82, 2.24) is 4.72 Å². The lowest BCUT2D eigenvalue weighted by atomic mass is 9.50. The molecule has 1 aromatic rings. The van der Waals surface area contributed by atoms with Crippen LogP contribution in [0.1, 0.15) is 66.8 Å². The molecule has 1 aromatic carbocycles. The average molecular weight is 422 g/mol. The van der Waals surface area contributed by atoms with Gasteiger partial charge in [0.1, 0.15) is 18.0 Å². The second kappa shape index (κ2) is 6.69. The highest BCUT2D eigenvalue weighted by Gasteiger charge is 2.58. The summed E-state index contributed by atoms with van der Waals surface area (Å²) in [5.74, 6) is 1.92. The Hall–Kier alpha value is -1.63. The molecule has 5 fully saturated rings. The fraction of sp³-hybridized carbons (Fsp3) is 0.682. The van der Waals surface area contributed by atoms with Crippen molar-refractivity contribution in [3.05, 3.63) is 29.3 Å². The fourth-order valence-electron chi connectivity index (χ4n) is 6.15. The van der Waals surface area contributed by atoms with E-state index >= 15 is 4.39 Å². The Morgan fingerprint density at radius 1 is 1.14 bits per heavy atom. The molecule has 0 aliphatic heterocycles. The summed E-state index contributed by atoms with van der Waals surface area (Å²) in [4.78, 5) is 12.2. The van der Waals surface area contributed by atoms with Crippen LogP contribution in [0.3, 0.4) is 0 Å². The van der Waals surface area contributed by atoms with Gasteiger partial charge in [-0.1, -0.05) is 0 Å². The van der Waals surface area contributed by atoms with Gasteiger partial charge in [-0.3, -0.25) is 4.79 Å². The number of halogens is 1. The molecule has 0 unspecified atom stereocenters. The molecule has 0 atom stereocenters. The van der Waals surface area contributed by atoms with Crippen molar-refractivity contribution in [1.29, 1.82) is 0 Å². The number of sulfonamides is 1. The predicted molar refractivity (Wildman–Crippen MR) is 107 cm³/mol. The molecule has 5 aliphatic rings. The van der Waals surface area contributed by atoms with E-state index in [0.717, 1.165) is 50.3 Å². The molecule has 0 radical (unpaired) electrons. The van der Waals surface area contributed by atoms with Crippen molar-refractivity contribution in [2.24, 2.45) is 23.7 Å². The van der Waals surface area contributed by atoms with E-state index in [2.05, 4.69) is 0 Å². The maximum Gasteiger partial charge on any atom is 0.264 e. The highest BCUT2D eigenvalue weighted by Crippen LogP contribution is 2.60. The first-order valence-corrected chi connectivity index (χ1v) is 12.6. The predicted octanol–water partition coefficient (Wildman–Crippen LogP) is 3.80. The molecule has 0 spiro atoms. The SMILES string of the molecule is CS(=O)(=O)NC(=O)c1ccc(OCC2(F)C3CC4CC(C3)CC2C4)c(C2CC2)c1. The summed E-state index contributed by atoms with van der Waals surface area (Å²) >= 11 is 0. The summed E-state index contributed by atoms with van der Waals surface area (Å²) in [5.41, 5.74) is -0.0755.